The molecule has 2 aliphatic carbocycles. The molecule has 0 atom stereocenters. The second-order valence-electron chi connectivity index (χ2n) is 6.46. The average molecular weight is 258 g/mol. The smallest absolute Gasteiger partial charge is 0.0314 e. The summed E-state index contributed by atoms with van der Waals surface area (Å²) in [6.45, 7) is 4.84. The molecule has 104 valence electrons. The Hall–Kier alpha value is -1.02. The van der Waals surface area contributed by atoms with Gasteiger partial charge in [-0.15, -0.1) is 0 Å². The molecule has 0 saturated heterocycles. The molecule has 2 nitrogen and oxygen atoms in total. The number of nitrogen functional groups attached to an aromatic ring is 1. The van der Waals surface area contributed by atoms with Crippen LogP contribution in [0.25, 0.3) is 0 Å². The van der Waals surface area contributed by atoms with E-state index in [-0.39, 0.29) is 0 Å². The fourth-order valence-corrected chi connectivity index (χ4v) is 3.11. The summed E-state index contributed by atoms with van der Waals surface area (Å²) in [6, 6.07) is 9.49. The Bertz CT molecular complexity index is 415. The molecule has 0 heterocycles. The van der Waals surface area contributed by atoms with Crippen molar-refractivity contribution in [2.45, 2.75) is 56.9 Å². The molecule has 2 heteroatoms. The van der Waals surface area contributed by atoms with E-state index in [4.69, 9.17) is 5.73 Å². The third-order valence-electron chi connectivity index (χ3n) is 4.74. The first-order valence-corrected chi connectivity index (χ1v) is 7.83. The number of rotatable bonds is 7. The van der Waals surface area contributed by atoms with Crippen molar-refractivity contribution in [3.05, 3.63) is 29.8 Å². The molecule has 2 aliphatic rings. The summed E-state index contributed by atoms with van der Waals surface area (Å²) < 4.78 is 0. The van der Waals surface area contributed by atoms with Crippen LogP contribution in [0.3, 0.4) is 0 Å². The van der Waals surface area contributed by atoms with Crippen molar-refractivity contribution >= 4 is 5.69 Å². The fourth-order valence-electron chi connectivity index (χ4n) is 3.11. The third-order valence-corrected chi connectivity index (χ3v) is 4.74. The first-order chi connectivity index (χ1) is 9.23. The van der Waals surface area contributed by atoms with Crippen molar-refractivity contribution < 1.29 is 0 Å². The Morgan fingerprint density at radius 2 is 1.89 bits per heavy atom. The Labute approximate surface area is 117 Å². The van der Waals surface area contributed by atoms with Crippen LogP contribution >= 0.6 is 0 Å². The van der Waals surface area contributed by atoms with Crippen LogP contribution in [-0.4, -0.2) is 24.0 Å². The molecule has 0 radical (unpaired) electrons. The third kappa shape index (κ3) is 2.94. The van der Waals surface area contributed by atoms with E-state index in [1.165, 1.54) is 57.2 Å². The number of hydrogen-bond donors (Lipinski definition) is 1. The molecular formula is C17H26N2. The lowest BCUT2D eigenvalue weighted by Crippen LogP contribution is -2.35. The van der Waals surface area contributed by atoms with Gasteiger partial charge in [-0.05, 0) is 56.3 Å². The van der Waals surface area contributed by atoms with Gasteiger partial charge in [0.25, 0.3) is 0 Å². The molecule has 2 N–H and O–H groups in total. The van der Waals surface area contributed by atoms with Crippen molar-refractivity contribution in [1.29, 1.82) is 0 Å². The molecule has 0 aromatic heterocycles. The predicted octanol–water partition coefficient (Wildman–Crippen LogP) is 3.56. The number of benzene rings is 1. The van der Waals surface area contributed by atoms with Crippen LogP contribution in [-0.2, 0) is 5.41 Å². The minimum atomic E-state index is 0.448. The lowest BCUT2D eigenvalue weighted by molar-refractivity contribution is 0.235. The zero-order valence-corrected chi connectivity index (χ0v) is 12.1. The first kappa shape index (κ1) is 13.0. The second-order valence-corrected chi connectivity index (χ2v) is 6.46. The van der Waals surface area contributed by atoms with Crippen molar-refractivity contribution in [3.63, 3.8) is 0 Å². The van der Waals surface area contributed by atoms with E-state index in [1.54, 1.807) is 0 Å². The van der Waals surface area contributed by atoms with Crippen LogP contribution in [0.5, 0.6) is 0 Å². The van der Waals surface area contributed by atoms with Gasteiger partial charge in [0.15, 0.2) is 0 Å². The van der Waals surface area contributed by atoms with Gasteiger partial charge in [-0.25, -0.2) is 0 Å². The van der Waals surface area contributed by atoms with Crippen molar-refractivity contribution in [1.82, 2.24) is 4.90 Å². The topological polar surface area (TPSA) is 29.3 Å². The fraction of sp³-hybridized carbons (Fsp3) is 0.647. The maximum atomic E-state index is 5.81. The van der Waals surface area contributed by atoms with E-state index in [0.717, 1.165) is 11.7 Å². The van der Waals surface area contributed by atoms with Crippen LogP contribution in [0.2, 0.25) is 0 Å². The van der Waals surface area contributed by atoms with E-state index in [0.29, 0.717) is 5.41 Å². The van der Waals surface area contributed by atoms with E-state index in [9.17, 15) is 0 Å². The first-order valence-electron chi connectivity index (χ1n) is 7.83. The summed E-state index contributed by atoms with van der Waals surface area (Å²) in [5.41, 5.74) is 8.64. The monoisotopic (exact) mass is 258 g/mol. The molecule has 0 unspecified atom stereocenters. The standard InChI is InChI=1S/C17H26N2/c1-2-3-12-19(16-8-9-16)13-17(10-11-17)14-4-6-15(18)7-5-14/h4-7,16H,2-3,8-13,18H2,1H3. The van der Waals surface area contributed by atoms with Gasteiger partial charge in [0.05, 0.1) is 0 Å². The molecule has 3 rings (SSSR count). The Morgan fingerprint density at radius 1 is 1.21 bits per heavy atom. The normalized spacial score (nSPS) is 20.7. The lowest BCUT2D eigenvalue weighted by atomic mass is 9.95. The molecule has 0 bridgehead atoms. The van der Waals surface area contributed by atoms with Crippen LogP contribution in [0, 0.1) is 0 Å². The summed E-state index contributed by atoms with van der Waals surface area (Å²) in [5.74, 6) is 0. The van der Waals surface area contributed by atoms with Gasteiger partial charge >= 0.3 is 0 Å². The highest BCUT2D eigenvalue weighted by molar-refractivity contribution is 5.43. The molecule has 1 aromatic rings. The van der Waals surface area contributed by atoms with Gasteiger partial charge in [-0.3, -0.25) is 4.90 Å². The van der Waals surface area contributed by atoms with Crippen LogP contribution in [0.15, 0.2) is 24.3 Å². The van der Waals surface area contributed by atoms with Crippen molar-refractivity contribution in [3.8, 4) is 0 Å². The summed E-state index contributed by atoms with van der Waals surface area (Å²) in [5, 5.41) is 0. The van der Waals surface area contributed by atoms with Gasteiger partial charge in [0.1, 0.15) is 0 Å². The molecular weight excluding hydrogens is 232 g/mol. The minimum absolute atomic E-state index is 0.448. The maximum absolute atomic E-state index is 5.81. The van der Waals surface area contributed by atoms with Crippen molar-refractivity contribution in [2.75, 3.05) is 18.8 Å². The summed E-state index contributed by atoms with van der Waals surface area (Å²) >= 11 is 0. The van der Waals surface area contributed by atoms with Gasteiger partial charge in [-0.1, -0.05) is 25.5 Å². The summed E-state index contributed by atoms with van der Waals surface area (Å²) in [7, 11) is 0. The molecule has 2 fully saturated rings. The van der Waals surface area contributed by atoms with E-state index >= 15 is 0 Å². The highest BCUT2D eigenvalue weighted by Gasteiger charge is 2.47. The number of nitrogens with two attached hydrogens (primary N) is 1. The summed E-state index contributed by atoms with van der Waals surface area (Å²) in [4.78, 5) is 2.76. The largest absolute Gasteiger partial charge is 0.399 e. The zero-order chi connectivity index (χ0) is 13.3. The number of unbranched alkanes of at least 4 members (excludes halogenated alkanes) is 1. The molecule has 0 spiro atoms. The van der Waals surface area contributed by atoms with Crippen LogP contribution in [0.4, 0.5) is 5.69 Å². The molecule has 0 aliphatic heterocycles. The van der Waals surface area contributed by atoms with Gasteiger partial charge in [0.2, 0.25) is 0 Å². The van der Waals surface area contributed by atoms with E-state index in [1.807, 2.05) is 0 Å². The highest BCUT2D eigenvalue weighted by Crippen LogP contribution is 2.50. The maximum Gasteiger partial charge on any atom is 0.0314 e. The van der Waals surface area contributed by atoms with Crippen LogP contribution in [0.1, 0.15) is 51.0 Å². The number of nitrogens with zero attached hydrogens (tertiary/aromatic N) is 1. The SMILES string of the molecule is CCCCN(CC1(c2ccc(N)cc2)CC1)C1CC1. The summed E-state index contributed by atoms with van der Waals surface area (Å²) in [6.07, 6.45) is 8.19. The Kier molecular flexibility index (Phi) is 3.53. The molecule has 1 aromatic carbocycles. The minimum Gasteiger partial charge on any atom is -0.399 e. The van der Waals surface area contributed by atoms with Gasteiger partial charge in [0, 0.05) is 23.7 Å². The quantitative estimate of drug-likeness (QED) is 0.758. The average Bonchev–Trinajstić information content (AvgIpc) is 3.28. The second kappa shape index (κ2) is 5.16. The Balaban J connectivity index is 1.68. The van der Waals surface area contributed by atoms with E-state index < -0.39 is 0 Å². The molecule has 2 saturated carbocycles. The van der Waals surface area contributed by atoms with Crippen LogP contribution < -0.4 is 5.73 Å². The Morgan fingerprint density at radius 3 is 2.42 bits per heavy atom. The van der Waals surface area contributed by atoms with Crippen molar-refractivity contribution in [2.24, 2.45) is 0 Å². The highest BCUT2D eigenvalue weighted by atomic mass is 15.2. The molecule has 0 amide bonds. The number of hydrogen-bond acceptors (Lipinski definition) is 2. The van der Waals surface area contributed by atoms with Gasteiger partial charge < -0.3 is 5.73 Å². The zero-order valence-electron chi connectivity index (χ0n) is 12.1. The molecule has 19 heavy (non-hydrogen) atoms. The predicted molar refractivity (Wildman–Crippen MR) is 81.3 cm³/mol. The lowest BCUT2D eigenvalue weighted by Gasteiger charge is -2.28. The number of anilines is 1. The van der Waals surface area contributed by atoms with E-state index in [2.05, 4.69) is 36.1 Å². The van der Waals surface area contributed by atoms with Gasteiger partial charge in [-0.2, -0.15) is 0 Å².